The Bertz CT molecular complexity index is 305. The lowest BCUT2D eigenvalue weighted by Gasteiger charge is -2.34. The van der Waals surface area contributed by atoms with Crippen molar-refractivity contribution in [2.45, 2.75) is 33.0 Å². The first-order valence-corrected chi connectivity index (χ1v) is 9.81. The third kappa shape index (κ3) is 7.26. The SMILES string of the molecule is [3H]O[C@@H]([C@H](C)[C@@H](OP([B])C)[C@@H](C)C=CC=C)[C@@H](C)CI. The molecule has 5 heteroatoms. The van der Waals surface area contributed by atoms with E-state index in [9.17, 15) is 0 Å². The van der Waals surface area contributed by atoms with Crippen molar-refractivity contribution in [3.05, 3.63) is 24.8 Å². The first kappa shape index (κ1) is 17.7. The van der Waals surface area contributed by atoms with Gasteiger partial charge >= 0.3 is 0 Å². The van der Waals surface area contributed by atoms with E-state index in [1.54, 1.807) is 6.08 Å². The zero-order valence-electron chi connectivity index (χ0n) is 13.3. The van der Waals surface area contributed by atoms with Crippen LogP contribution in [0, 0.1) is 17.8 Å². The van der Waals surface area contributed by atoms with Gasteiger partial charge in [0.2, 0.25) is 1.43 Å². The van der Waals surface area contributed by atoms with Gasteiger partial charge in [0.1, 0.15) is 7.57 Å². The highest BCUT2D eigenvalue weighted by Crippen LogP contribution is 2.35. The van der Waals surface area contributed by atoms with E-state index in [1.807, 2.05) is 12.7 Å². The summed E-state index contributed by atoms with van der Waals surface area (Å²) in [6.45, 7) is 11.8. The minimum Gasteiger partial charge on any atom is -0.392 e. The van der Waals surface area contributed by atoms with Gasteiger partial charge in [-0.3, -0.25) is 0 Å². The van der Waals surface area contributed by atoms with Gasteiger partial charge in [-0.1, -0.05) is 68.2 Å². The van der Waals surface area contributed by atoms with Gasteiger partial charge in [0, 0.05) is 16.3 Å². The van der Waals surface area contributed by atoms with Crippen LogP contribution in [0.15, 0.2) is 24.8 Å². The van der Waals surface area contributed by atoms with Crippen molar-refractivity contribution in [1.29, 1.82) is 1.43 Å². The Hall–Kier alpha value is 0.625. The molecule has 6 atom stereocenters. The molecule has 2 radical (unpaired) electrons. The Morgan fingerprint density at radius 3 is 2.58 bits per heavy atom. The van der Waals surface area contributed by atoms with Crippen molar-refractivity contribution in [2.24, 2.45) is 17.8 Å². The van der Waals surface area contributed by atoms with Crippen molar-refractivity contribution in [2.75, 3.05) is 11.1 Å². The van der Waals surface area contributed by atoms with E-state index in [0.29, 0.717) is 5.92 Å². The number of hydrogen-bond acceptors (Lipinski definition) is 2. The lowest BCUT2D eigenvalue weighted by Crippen LogP contribution is -2.38. The van der Waals surface area contributed by atoms with Crippen LogP contribution in [-0.4, -0.2) is 37.4 Å². The van der Waals surface area contributed by atoms with Crippen molar-refractivity contribution >= 4 is 38.2 Å². The average molecular weight is 396 g/mol. The van der Waals surface area contributed by atoms with Crippen LogP contribution >= 0.6 is 30.6 Å². The number of alkyl halides is 1. The Balaban J connectivity index is 5.07. The predicted octanol–water partition coefficient (Wildman–Crippen LogP) is 3.93. The maximum absolute atomic E-state index is 7.36. The first-order chi connectivity index (χ1) is 9.38. The standard InChI is InChI=1S/C14H25BIO2P/c1-6-7-8-10(2)14(18-19(5)15)12(4)13(17)11(3)9-16/h6-8,10-14,17H,1,9H2,2-5H3/t10-,11-,12-,13+,14-,19?/m0/s1/i17T. The molecule has 0 amide bonds. The monoisotopic (exact) mass is 396 g/mol. The molecule has 0 aliphatic carbocycles. The summed E-state index contributed by atoms with van der Waals surface area (Å²) in [6.07, 6.45) is 5.50. The minimum atomic E-state index is -0.951. The van der Waals surface area contributed by atoms with Crippen molar-refractivity contribution in [1.82, 2.24) is 0 Å². The van der Waals surface area contributed by atoms with E-state index in [-0.39, 0.29) is 24.0 Å². The largest absolute Gasteiger partial charge is 0.392 e. The fraction of sp³-hybridized carbons (Fsp3) is 0.714. The average Bonchev–Trinajstić information content (AvgIpc) is 2.42. The van der Waals surface area contributed by atoms with Gasteiger partial charge in [-0.25, -0.2) is 0 Å². The fourth-order valence-electron chi connectivity index (χ4n) is 2.02. The van der Waals surface area contributed by atoms with E-state index in [4.69, 9.17) is 18.6 Å². The molecule has 0 aliphatic heterocycles. The maximum atomic E-state index is 7.36. The first-order valence-electron chi connectivity index (χ1n) is 6.92. The Morgan fingerprint density at radius 2 is 2.16 bits per heavy atom. The molecule has 0 fully saturated rings. The second kappa shape index (κ2) is 10.4. The van der Waals surface area contributed by atoms with Gasteiger partial charge < -0.3 is 9.63 Å². The highest BCUT2D eigenvalue weighted by Gasteiger charge is 2.31. The lowest BCUT2D eigenvalue weighted by molar-refractivity contribution is 0.00294. The zero-order chi connectivity index (χ0) is 15.7. The molecule has 108 valence electrons. The smallest absolute Gasteiger partial charge is 0.210 e. The molecule has 2 nitrogen and oxygen atoms in total. The van der Waals surface area contributed by atoms with E-state index >= 15 is 0 Å². The van der Waals surface area contributed by atoms with Crippen LogP contribution in [0.1, 0.15) is 20.8 Å². The molecule has 0 aromatic rings. The minimum absolute atomic E-state index is 0.0620. The van der Waals surface area contributed by atoms with Gasteiger partial charge in [-0.2, -0.15) is 0 Å². The van der Waals surface area contributed by atoms with Crippen LogP contribution in [0.4, 0.5) is 0 Å². The normalized spacial score (nSPS) is 22.3. The van der Waals surface area contributed by atoms with Gasteiger partial charge in [0.05, 0.1) is 12.2 Å². The molecular formula is C14H25BIO2P. The van der Waals surface area contributed by atoms with Crippen molar-refractivity contribution in [3.8, 4) is 0 Å². The van der Waals surface area contributed by atoms with Crippen LogP contribution in [0.2, 0.25) is 0 Å². The van der Waals surface area contributed by atoms with E-state index in [1.165, 1.54) is 0 Å². The molecule has 1 N–H and O–H groups in total. The van der Waals surface area contributed by atoms with Crippen molar-refractivity contribution < 1.29 is 9.63 Å². The molecule has 1 unspecified atom stereocenters. The number of aliphatic hydroxyl groups excluding tert-OH is 1. The zero-order valence-corrected chi connectivity index (χ0v) is 15.3. The van der Waals surface area contributed by atoms with Gasteiger partial charge in [-0.15, -0.1) is 0 Å². The summed E-state index contributed by atoms with van der Waals surface area (Å²) in [5.74, 6) is 0.580. The molecule has 0 aromatic heterocycles. The molecule has 0 saturated carbocycles. The Labute approximate surface area is 135 Å². The Kier molecular flexibility index (Phi) is 9.64. The molecule has 0 heterocycles. The van der Waals surface area contributed by atoms with Crippen molar-refractivity contribution in [3.63, 3.8) is 0 Å². The summed E-state index contributed by atoms with van der Waals surface area (Å²) < 4.78 is 14.2. The quantitative estimate of drug-likeness (QED) is 0.200. The Morgan fingerprint density at radius 1 is 1.53 bits per heavy atom. The summed E-state index contributed by atoms with van der Waals surface area (Å²) in [4.78, 5) is 0. The molecule has 19 heavy (non-hydrogen) atoms. The topological polar surface area (TPSA) is 29.5 Å². The lowest BCUT2D eigenvalue weighted by atomic mass is 9.85. The summed E-state index contributed by atoms with van der Waals surface area (Å²) in [5.41, 5.74) is 0. The summed E-state index contributed by atoms with van der Waals surface area (Å²) >= 11 is 2.32. The molecule has 0 saturated heterocycles. The molecule has 0 bridgehead atoms. The molecule has 0 aromatic carbocycles. The van der Waals surface area contributed by atoms with Gasteiger partial charge in [-0.05, 0) is 20.6 Å². The number of halogens is 1. The summed E-state index contributed by atoms with van der Waals surface area (Å²) in [7, 11) is 4.91. The molecule has 0 aliphatic rings. The fourth-order valence-corrected chi connectivity index (χ4v) is 3.29. The second-order valence-corrected chi connectivity index (χ2v) is 7.24. The van der Waals surface area contributed by atoms with E-state index in [2.05, 4.69) is 56.0 Å². The number of allylic oxidation sites excluding steroid dienone is 2. The number of rotatable bonds is 10. The third-order valence-electron chi connectivity index (χ3n) is 3.20. The van der Waals surface area contributed by atoms with Crippen LogP contribution in [0.25, 0.3) is 0 Å². The van der Waals surface area contributed by atoms with Crippen LogP contribution in [-0.2, 0) is 4.52 Å². The van der Waals surface area contributed by atoms with Crippen LogP contribution < -0.4 is 0 Å². The second-order valence-electron chi connectivity index (χ2n) is 5.05. The van der Waals surface area contributed by atoms with E-state index in [0.717, 1.165) is 4.43 Å². The summed E-state index contributed by atoms with van der Waals surface area (Å²) in [5, 5.41) is 4.97. The van der Waals surface area contributed by atoms with Gasteiger partial charge in [0.15, 0.2) is 0 Å². The highest BCUT2D eigenvalue weighted by molar-refractivity contribution is 14.1. The molecule has 0 rings (SSSR count). The predicted molar refractivity (Wildman–Crippen MR) is 95.2 cm³/mol. The van der Waals surface area contributed by atoms with Crippen LogP contribution in [0.3, 0.4) is 0 Å². The maximum Gasteiger partial charge on any atom is 0.210 e. The molecular weight excluding hydrogens is 369 g/mol. The summed E-state index contributed by atoms with van der Waals surface area (Å²) in [6, 6.07) is 0. The number of hydrogen-bond donors (Lipinski definition) is 1. The van der Waals surface area contributed by atoms with Gasteiger partial charge in [0.25, 0.3) is 0 Å². The van der Waals surface area contributed by atoms with E-state index < -0.39 is 8.03 Å². The highest BCUT2D eigenvalue weighted by atomic mass is 127. The third-order valence-corrected chi connectivity index (χ3v) is 5.16. The molecule has 0 spiro atoms. The van der Waals surface area contributed by atoms with Crippen LogP contribution in [0.5, 0.6) is 0 Å². The number of aliphatic hydroxyl groups is 1.